The van der Waals surface area contributed by atoms with Gasteiger partial charge in [-0.3, -0.25) is 4.79 Å². The van der Waals surface area contributed by atoms with Crippen molar-refractivity contribution in [3.63, 3.8) is 0 Å². The predicted molar refractivity (Wildman–Crippen MR) is 62.9 cm³/mol. The molecule has 0 spiro atoms. The van der Waals surface area contributed by atoms with Gasteiger partial charge in [0.2, 0.25) is 0 Å². The fourth-order valence-corrected chi connectivity index (χ4v) is 1.22. The molecule has 0 aliphatic heterocycles. The summed E-state index contributed by atoms with van der Waals surface area (Å²) in [6.45, 7) is -0.377. The lowest BCUT2D eigenvalue weighted by Gasteiger charge is -2.07. The molecule has 2 N–H and O–H groups in total. The minimum absolute atomic E-state index is 0.0556. The Labute approximate surface area is 104 Å². The van der Waals surface area contributed by atoms with E-state index in [0.29, 0.717) is 11.4 Å². The molecule has 100 valence electrons. The highest BCUT2D eigenvalue weighted by molar-refractivity contribution is 5.94. The Balaban J connectivity index is 2.31. The molecule has 1 heterocycles. The molecule has 0 saturated carbocycles. The zero-order valence-corrected chi connectivity index (χ0v) is 9.95. The van der Waals surface area contributed by atoms with E-state index in [1.807, 2.05) is 0 Å². The molecule has 18 heavy (non-hydrogen) atoms. The molecule has 0 bridgehead atoms. The van der Waals surface area contributed by atoms with Gasteiger partial charge in [0.05, 0.1) is 6.61 Å². The van der Waals surface area contributed by atoms with Crippen molar-refractivity contribution < 1.29 is 18.3 Å². The van der Waals surface area contributed by atoms with E-state index in [1.54, 1.807) is 19.2 Å². The number of halogens is 2. The number of pyridine rings is 1. The van der Waals surface area contributed by atoms with E-state index in [1.165, 1.54) is 6.20 Å². The van der Waals surface area contributed by atoms with E-state index in [0.717, 1.165) is 0 Å². The normalized spacial score (nSPS) is 10.4. The zero-order valence-electron chi connectivity index (χ0n) is 9.95. The number of ether oxygens (including phenoxy) is 1. The van der Waals surface area contributed by atoms with Crippen LogP contribution in [0.4, 0.5) is 14.6 Å². The summed E-state index contributed by atoms with van der Waals surface area (Å²) in [7, 11) is 1.70. The van der Waals surface area contributed by atoms with E-state index in [4.69, 9.17) is 0 Å². The van der Waals surface area contributed by atoms with Gasteiger partial charge in [0.25, 0.3) is 12.3 Å². The third-order valence-electron chi connectivity index (χ3n) is 2.05. The Bertz CT molecular complexity index is 388. The van der Waals surface area contributed by atoms with E-state index in [9.17, 15) is 13.6 Å². The van der Waals surface area contributed by atoms with Crippen molar-refractivity contribution in [1.29, 1.82) is 0 Å². The Kier molecular flexibility index (Phi) is 5.99. The summed E-state index contributed by atoms with van der Waals surface area (Å²) in [4.78, 5) is 15.6. The second kappa shape index (κ2) is 7.54. The highest BCUT2D eigenvalue weighted by Gasteiger charge is 2.06. The minimum Gasteiger partial charge on any atom is -0.374 e. The number of hydrogen-bond acceptors (Lipinski definition) is 4. The SMILES string of the molecule is CNc1cc(C(=O)NCCOCC(F)F)ccn1. The average molecular weight is 259 g/mol. The van der Waals surface area contributed by atoms with Gasteiger partial charge in [-0.15, -0.1) is 0 Å². The lowest BCUT2D eigenvalue weighted by molar-refractivity contribution is 0.0188. The molecular formula is C11H15F2N3O2. The number of alkyl halides is 2. The smallest absolute Gasteiger partial charge is 0.261 e. The first-order valence-corrected chi connectivity index (χ1v) is 5.41. The highest BCUT2D eigenvalue weighted by Crippen LogP contribution is 2.05. The van der Waals surface area contributed by atoms with Crippen molar-refractivity contribution >= 4 is 11.7 Å². The average Bonchev–Trinajstić information content (AvgIpc) is 2.37. The van der Waals surface area contributed by atoms with Crippen molar-refractivity contribution in [3.05, 3.63) is 23.9 Å². The summed E-state index contributed by atoms with van der Waals surface area (Å²) < 4.78 is 28.1. The molecule has 0 aliphatic rings. The van der Waals surface area contributed by atoms with Crippen LogP contribution < -0.4 is 10.6 Å². The van der Waals surface area contributed by atoms with Crippen LogP contribution in [0.25, 0.3) is 0 Å². The van der Waals surface area contributed by atoms with Crippen LogP contribution in [0.5, 0.6) is 0 Å². The maximum absolute atomic E-state index is 11.7. The predicted octanol–water partition coefficient (Wildman–Crippen LogP) is 1.13. The summed E-state index contributed by atoms with van der Waals surface area (Å²) in [6, 6.07) is 3.16. The molecule has 5 nitrogen and oxygen atoms in total. The topological polar surface area (TPSA) is 63.2 Å². The van der Waals surface area contributed by atoms with Gasteiger partial charge in [0.15, 0.2) is 0 Å². The van der Waals surface area contributed by atoms with E-state index in [2.05, 4.69) is 20.4 Å². The molecule has 1 rings (SSSR count). The van der Waals surface area contributed by atoms with Gasteiger partial charge >= 0.3 is 0 Å². The van der Waals surface area contributed by atoms with Crippen LogP contribution in [-0.2, 0) is 4.74 Å². The Morgan fingerprint density at radius 2 is 2.33 bits per heavy atom. The number of hydrogen-bond donors (Lipinski definition) is 2. The summed E-state index contributed by atoms with van der Waals surface area (Å²) >= 11 is 0. The number of nitrogens with zero attached hydrogens (tertiary/aromatic N) is 1. The van der Waals surface area contributed by atoms with Crippen LogP contribution in [0.3, 0.4) is 0 Å². The van der Waals surface area contributed by atoms with Gasteiger partial charge in [-0.25, -0.2) is 13.8 Å². The molecule has 0 radical (unpaired) electrons. The largest absolute Gasteiger partial charge is 0.374 e. The van der Waals surface area contributed by atoms with Crippen LogP contribution in [0, 0.1) is 0 Å². The number of aromatic nitrogens is 1. The molecule has 0 unspecified atom stereocenters. The number of anilines is 1. The van der Waals surface area contributed by atoms with Crippen LogP contribution in [0.1, 0.15) is 10.4 Å². The lowest BCUT2D eigenvalue weighted by atomic mass is 10.2. The maximum atomic E-state index is 11.7. The summed E-state index contributed by atoms with van der Waals surface area (Å²) in [5.41, 5.74) is 0.447. The summed E-state index contributed by atoms with van der Waals surface area (Å²) in [5, 5.41) is 5.37. The van der Waals surface area contributed by atoms with Gasteiger partial charge in [0.1, 0.15) is 12.4 Å². The van der Waals surface area contributed by atoms with Crippen LogP contribution >= 0.6 is 0 Å². The first kappa shape index (κ1) is 14.3. The maximum Gasteiger partial charge on any atom is 0.261 e. The molecule has 1 amide bonds. The molecule has 0 saturated heterocycles. The Morgan fingerprint density at radius 1 is 1.56 bits per heavy atom. The first-order chi connectivity index (χ1) is 8.63. The molecule has 0 fully saturated rings. The fourth-order valence-electron chi connectivity index (χ4n) is 1.22. The Morgan fingerprint density at radius 3 is 3.00 bits per heavy atom. The van der Waals surface area contributed by atoms with Gasteiger partial charge in [0, 0.05) is 25.4 Å². The lowest BCUT2D eigenvalue weighted by Crippen LogP contribution is -2.27. The third kappa shape index (κ3) is 5.05. The van der Waals surface area contributed by atoms with Crippen molar-refractivity contribution in [2.24, 2.45) is 0 Å². The first-order valence-electron chi connectivity index (χ1n) is 5.41. The summed E-state index contributed by atoms with van der Waals surface area (Å²) in [5.74, 6) is 0.283. The fraction of sp³-hybridized carbons (Fsp3) is 0.455. The summed E-state index contributed by atoms with van der Waals surface area (Å²) in [6.07, 6.45) is -0.979. The van der Waals surface area contributed by atoms with Gasteiger partial charge in [-0.2, -0.15) is 0 Å². The minimum atomic E-state index is -2.49. The number of nitrogens with one attached hydrogen (secondary N) is 2. The molecule has 7 heteroatoms. The van der Waals surface area contributed by atoms with Crippen LogP contribution in [0.15, 0.2) is 18.3 Å². The Hall–Kier alpha value is -1.76. The molecule has 0 atom stereocenters. The van der Waals surface area contributed by atoms with Gasteiger partial charge in [-0.1, -0.05) is 0 Å². The van der Waals surface area contributed by atoms with Gasteiger partial charge in [-0.05, 0) is 12.1 Å². The number of carbonyl (C=O) groups excluding carboxylic acids is 1. The van der Waals surface area contributed by atoms with Crippen molar-refractivity contribution in [1.82, 2.24) is 10.3 Å². The van der Waals surface area contributed by atoms with Crippen molar-refractivity contribution in [3.8, 4) is 0 Å². The second-order valence-corrected chi connectivity index (χ2v) is 3.40. The number of rotatable bonds is 7. The molecule has 0 aromatic carbocycles. The molecule has 1 aromatic rings. The second-order valence-electron chi connectivity index (χ2n) is 3.40. The third-order valence-corrected chi connectivity index (χ3v) is 2.05. The van der Waals surface area contributed by atoms with E-state index in [-0.39, 0.29) is 19.1 Å². The zero-order chi connectivity index (χ0) is 13.4. The van der Waals surface area contributed by atoms with Crippen molar-refractivity contribution in [2.45, 2.75) is 6.43 Å². The standard InChI is InChI=1S/C11H15F2N3O2/c1-14-10-6-8(2-3-15-10)11(17)16-4-5-18-7-9(12)13/h2-3,6,9H,4-5,7H2,1H3,(H,14,15)(H,16,17). The quantitative estimate of drug-likeness (QED) is 0.721. The monoisotopic (exact) mass is 259 g/mol. The van der Waals surface area contributed by atoms with E-state index >= 15 is 0 Å². The number of carbonyl (C=O) groups is 1. The van der Waals surface area contributed by atoms with Crippen LogP contribution in [0.2, 0.25) is 0 Å². The van der Waals surface area contributed by atoms with E-state index < -0.39 is 13.0 Å². The highest BCUT2D eigenvalue weighted by atomic mass is 19.3. The molecule has 1 aromatic heterocycles. The number of amides is 1. The van der Waals surface area contributed by atoms with Crippen LogP contribution in [-0.4, -0.2) is 44.1 Å². The molecule has 0 aliphatic carbocycles. The molecular weight excluding hydrogens is 244 g/mol. The van der Waals surface area contributed by atoms with Gasteiger partial charge < -0.3 is 15.4 Å². The van der Waals surface area contributed by atoms with Crippen molar-refractivity contribution in [2.75, 3.05) is 32.1 Å².